The van der Waals surface area contributed by atoms with Crippen molar-refractivity contribution in [3.63, 3.8) is 0 Å². The largest absolute Gasteiger partial charge is 0.481 e. The number of hydrogen-bond donors (Lipinski definition) is 12. The molecular weight excluding hydrogens is 957 g/mol. The van der Waals surface area contributed by atoms with Gasteiger partial charge in [-0.2, -0.15) is 11.8 Å². The lowest BCUT2D eigenvalue weighted by molar-refractivity contribution is -0.145. The first-order valence-corrected chi connectivity index (χ1v) is 25.6. The molecule has 2 aromatic rings. The summed E-state index contributed by atoms with van der Waals surface area (Å²) in [5.74, 6) is -10.1. The van der Waals surface area contributed by atoms with E-state index < -0.39 is 144 Å². The van der Waals surface area contributed by atoms with Crippen LogP contribution in [0.3, 0.4) is 0 Å². The van der Waals surface area contributed by atoms with Crippen LogP contribution < -0.4 is 43.0 Å². The maximum absolute atomic E-state index is 14.3. The average Bonchev–Trinajstić information content (AvgIpc) is 3.98. The maximum atomic E-state index is 14.3. The van der Waals surface area contributed by atoms with E-state index in [1.54, 1.807) is 78.3 Å². The number of amides is 8. The van der Waals surface area contributed by atoms with Gasteiger partial charge in [-0.15, -0.1) is 0 Å². The third-order valence-corrected chi connectivity index (χ3v) is 13.3. The van der Waals surface area contributed by atoms with Crippen molar-refractivity contribution in [2.75, 3.05) is 18.6 Å². The van der Waals surface area contributed by atoms with E-state index in [4.69, 9.17) is 10.8 Å². The summed E-state index contributed by atoms with van der Waals surface area (Å²) in [5, 5.41) is 48.5. The Bertz CT molecular complexity index is 2260. The topological polar surface area (TPSA) is 361 Å². The minimum absolute atomic E-state index is 0.0731. The molecule has 1 fully saturated rings. The van der Waals surface area contributed by atoms with E-state index in [1.807, 2.05) is 0 Å². The molecule has 1 aromatic heterocycles. The molecule has 8 amide bonds. The molecule has 0 bridgehead atoms. The van der Waals surface area contributed by atoms with Crippen molar-refractivity contribution >= 4 is 81.9 Å². The minimum atomic E-state index is -1.70. The molecule has 1 aromatic carbocycles. The number of aliphatic carboxylic acids is 2. The summed E-state index contributed by atoms with van der Waals surface area (Å²) < 4.78 is 0. The van der Waals surface area contributed by atoms with Crippen molar-refractivity contribution in [2.45, 2.75) is 154 Å². The number of aliphatic hydroxyl groups excluding tert-OH is 1. The number of nitrogens with zero attached hydrogens (tertiary/aromatic N) is 1. The van der Waals surface area contributed by atoms with Crippen molar-refractivity contribution in [1.29, 1.82) is 0 Å². The van der Waals surface area contributed by atoms with Gasteiger partial charge >= 0.3 is 11.9 Å². The fourth-order valence-corrected chi connectivity index (χ4v) is 8.60. The number of aromatic amines is 1. The van der Waals surface area contributed by atoms with Crippen LogP contribution in [0.15, 0.2) is 30.5 Å². The zero-order valence-electron chi connectivity index (χ0n) is 42.4. The maximum Gasteiger partial charge on any atom is 0.326 e. The summed E-state index contributed by atoms with van der Waals surface area (Å²) in [5.41, 5.74) is 7.09. The number of carbonyl (C=O) groups excluding carboxylic acids is 8. The molecule has 1 saturated heterocycles. The summed E-state index contributed by atoms with van der Waals surface area (Å²) in [7, 11) is 0. The predicted molar refractivity (Wildman–Crippen MR) is 268 cm³/mol. The smallest absolute Gasteiger partial charge is 0.326 e. The van der Waals surface area contributed by atoms with Gasteiger partial charge in [0.15, 0.2) is 0 Å². The highest BCUT2D eigenvalue weighted by molar-refractivity contribution is 7.98. The van der Waals surface area contributed by atoms with Gasteiger partial charge < -0.3 is 68.2 Å². The standard InChI is InChI=1S/C48H74N10O13S/c1-10-25(6)38(45(67)51-26(7)47(69)58-18-13-16-34(58)43(65)55-37(24(4)5)48(70)71)56-44(66)36(23(2)3)54-46(68)39(27(8)59)57-42(64)33(20-28-22-50-31-15-12-11-14-29(28)31)53-41(63)32(17-19-72-9)52-40(62)30(49)21-35(60)61/h11-12,14-15,22-27,30,32-34,36-39,50,59H,10,13,16-21,49H2,1-9H3,(H,51,67)(H,52,62)(H,53,63)(H,54,68)(H,55,65)(H,56,66)(H,57,64)(H,60,61)(H,70,71)/t25-,26-,27+,30-,32-,33-,34-,36-,37-,38-,39-/m0/s1. The van der Waals surface area contributed by atoms with Crippen LogP contribution in [0.25, 0.3) is 10.9 Å². The van der Waals surface area contributed by atoms with Gasteiger partial charge in [-0.3, -0.25) is 43.2 Å². The summed E-state index contributed by atoms with van der Waals surface area (Å²) in [6.07, 6.45) is 2.22. The monoisotopic (exact) mass is 1030 g/mol. The quantitative estimate of drug-likeness (QED) is 0.0511. The second-order valence-corrected chi connectivity index (χ2v) is 20.0. The molecule has 0 radical (unpaired) electrons. The average molecular weight is 1030 g/mol. The highest BCUT2D eigenvalue weighted by Crippen LogP contribution is 2.22. The number of hydrogen-bond acceptors (Lipinski definition) is 13. The Morgan fingerprint density at radius 1 is 0.736 bits per heavy atom. The fourth-order valence-electron chi connectivity index (χ4n) is 8.13. The molecule has 0 aliphatic carbocycles. The number of fused-ring (bicyclic) bond motifs is 1. The summed E-state index contributed by atoms with van der Waals surface area (Å²) in [4.78, 5) is 137. The van der Waals surface area contributed by atoms with Crippen LogP contribution in [0.2, 0.25) is 0 Å². The van der Waals surface area contributed by atoms with Crippen molar-refractivity contribution in [2.24, 2.45) is 23.5 Å². The molecule has 11 atom stereocenters. The second-order valence-electron chi connectivity index (χ2n) is 19.0. The highest BCUT2D eigenvalue weighted by Gasteiger charge is 2.40. The Morgan fingerprint density at radius 3 is 1.89 bits per heavy atom. The van der Waals surface area contributed by atoms with E-state index in [9.17, 15) is 58.2 Å². The Kier molecular flexibility index (Phi) is 23.4. The molecule has 24 heteroatoms. The molecule has 400 valence electrons. The molecular formula is C48H74N10O13S. The van der Waals surface area contributed by atoms with Gasteiger partial charge in [-0.25, -0.2) is 4.79 Å². The highest BCUT2D eigenvalue weighted by atomic mass is 32.2. The van der Waals surface area contributed by atoms with Gasteiger partial charge in [-0.1, -0.05) is 66.2 Å². The number of carboxylic acid groups (broad SMARTS) is 2. The number of carboxylic acids is 2. The first-order chi connectivity index (χ1) is 33.8. The van der Waals surface area contributed by atoms with Gasteiger partial charge in [0.1, 0.15) is 48.3 Å². The Labute approximate surface area is 423 Å². The van der Waals surface area contributed by atoms with Crippen molar-refractivity contribution in [1.82, 2.24) is 47.1 Å². The first kappa shape index (κ1) is 60.0. The van der Waals surface area contributed by atoms with Gasteiger partial charge in [0.2, 0.25) is 47.3 Å². The summed E-state index contributed by atoms with van der Waals surface area (Å²) in [6, 6.07) is -4.55. The van der Waals surface area contributed by atoms with Gasteiger partial charge in [-0.05, 0) is 74.5 Å². The van der Waals surface area contributed by atoms with E-state index in [0.29, 0.717) is 24.2 Å². The molecule has 2 heterocycles. The number of likely N-dealkylation sites (tertiary alicyclic amines) is 1. The lowest BCUT2D eigenvalue weighted by atomic mass is 9.96. The number of H-pyrrole nitrogens is 1. The number of nitrogens with one attached hydrogen (secondary N) is 8. The number of aliphatic hydroxyl groups is 1. The van der Waals surface area contributed by atoms with Gasteiger partial charge in [0.05, 0.1) is 18.6 Å². The summed E-state index contributed by atoms with van der Waals surface area (Å²) >= 11 is 1.37. The number of thioether (sulfide) groups is 1. The van der Waals surface area contributed by atoms with E-state index in [0.717, 1.165) is 10.9 Å². The number of carbonyl (C=O) groups is 10. The first-order valence-electron chi connectivity index (χ1n) is 24.2. The lowest BCUT2D eigenvalue weighted by Gasteiger charge is -2.31. The molecule has 0 spiro atoms. The van der Waals surface area contributed by atoms with Crippen LogP contribution in [0, 0.1) is 17.8 Å². The van der Waals surface area contributed by atoms with Crippen molar-refractivity contribution in [3.8, 4) is 0 Å². The Morgan fingerprint density at radius 2 is 1.31 bits per heavy atom. The van der Waals surface area contributed by atoms with Gasteiger partial charge in [0.25, 0.3) is 0 Å². The third-order valence-electron chi connectivity index (χ3n) is 12.6. The third kappa shape index (κ3) is 16.9. The number of rotatable bonds is 28. The normalized spacial score (nSPS) is 17.7. The fraction of sp³-hybridized carbons (Fsp3) is 0.625. The van der Waals surface area contributed by atoms with Crippen LogP contribution in [0.1, 0.15) is 93.1 Å². The Balaban J connectivity index is 1.83. The van der Waals surface area contributed by atoms with Crippen LogP contribution >= 0.6 is 11.8 Å². The number of para-hydroxylation sites is 1. The zero-order chi connectivity index (χ0) is 54.1. The predicted octanol–water partition coefficient (Wildman–Crippen LogP) is -0.506. The van der Waals surface area contributed by atoms with Crippen LogP contribution in [0.5, 0.6) is 0 Å². The molecule has 3 rings (SSSR count). The molecule has 1 aliphatic heterocycles. The van der Waals surface area contributed by atoms with Crippen molar-refractivity contribution in [3.05, 3.63) is 36.0 Å². The SMILES string of the molecule is CC[C@H](C)[C@H](NC(=O)[C@@H](NC(=O)[C@@H](NC(=O)[C@H](Cc1c[nH]c2ccccc12)NC(=O)[C@H](CCSC)NC(=O)[C@@H](N)CC(=O)O)[C@@H](C)O)C(C)C)C(=O)N[C@@H](C)C(=O)N1CCC[C@H]1C(=O)N[C@H](C(=O)O)C(C)C. The molecule has 13 N–H and O–H groups in total. The molecule has 72 heavy (non-hydrogen) atoms. The van der Waals surface area contributed by atoms with Crippen LogP contribution in [-0.2, 0) is 54.4 Å². The molecule has 0 unspecified atom stereocenters. The molecule has 23 nitrogen and oxygen atoms in total. The molecule has 0 saturated carbocycles. The van der Waals surface area contributed by atoms with E-state index >= 15 is 0 Å². The number of benzene rings is 1. The lowest BCUT2D eigenvalue weighted by Crippen LogP contribution is -2.63. The zero-order valence-corrected chi connectivity index (χ0v) is 43.2. The number of nitrogens with two attached hydrogens (primary N) is 1. The molecule has 1 aliphatic rings. The van der Waals surface area contributed by atoms with E-state index in [-0.39, 0.29) is 25.8 Å². The number of aromatic nitrogens is 1. The van der Waals surface area contributed by atoms with Gasteiger partial charge in [0, 0.05) is 30.1 Å². The second kappa shape index (κ2) is 28.1. The summed E-state index contributed by atoms with van der Waals surface area (Å²) in [6.45, 7) is 12.9. The minimum Gasteiger partial charge on any atom is -0.481 e. The Hall–Kier alpha value is -6.27. The van der Waals surface area contributed by atoms with E-state index in [1.165, 1.54) is 30.5 Å². The van der Waals surface area contributed by atoms with Crippen LogP contribution in [0.4, 0.5) is 0 Å². The van der Waals surface area contributed by atoms with Crippen LogP contribution in [-0.4, -0.2) is 163 Å². The van der Waals surface area contributed by atoms with Crippen molar-refractivity contribution < 1.29 is 63.3 Å². The van der Waals surface area contributed by atoms with E-state index in [2.05, 4.69) is 42.2 Å².